The van der Waals surface area contributed by atoms with Crippen molar-refractivity contribution in [2.45, 2.75) is 33.1 Å². The molecule has 0 spiro atoms. The summed E-state index contributed by atoms with van der Waals surface area (Å²) in [4.78, 5) is 12.9. The maximum atomic E-state index is 5.50. The van der Waals surface area contributed by atoms with E-state index in [1.54, 1.807) is 11.3 Å². The van der Waals surface area contributed by atoms with Crippen molar-refractivity contribution in [1.82, 2.24) is 15.0 Å². The molecule has 0 aliphatic carbocycles. The van der Waals surface area contributed by atoms with E-state index in [1.807, 2.05) is 6.92 Å². The number of hydrazine groups is 1. The zero-order chi connectivity index (χ0) is 14.4. The molecule has 0 saturated carbocycles. The molecular formula is C13H20N6S. The molecule has 2 rings (SSSR count). The van der Waals surface area contributed by atoms with Crippen molar-refractivity contribution >= 4 is 23.0 Å². The van der Waals surface area contributed by atoms with Gasteiger partial charge in [-0.2, -0.15) is 0 Å². The molecule has 108 valence electrons. The van der Waals surface area contributed by atoms with E-state index in [4.69, 9.17) is 5.84 Å². The van der Waals surface area contributed by atoms with Gasteiger partial charge in [0.05, 0.1) is 10.7 Å². The zero-order valence-corrected chi connectivity index (χ0v) is 12.6. The van der Waals surface area contributed by atoms with Gasteiger partial charge in [-0.15, -0.1) is 11.3 Å². The first-order chi connectivity index (χ1) is 9.74. The fourth-order valence-electron chi connectivity index (χ4n) is 2.01. The van der Waals surface area contributed by atoms with Crippen molar-refractivity contribution in [2.75, 3.05) is 17.3 Å². The quantitative estimate of drug-likeness (QED) is 0.535. The number of thiazole rings is 1. The Kier molecular flexibility index (Phi) is 5.25. The van der Waals surface area contributed by atoms with E-state index in [1.165, 1.54) is 6.33 Å². The molecule has 0 bridgehead atoms. The van der Waals surface area contributed by atoms with Gasteiger partial charge in [0, 0.05) is 23.9 Å². The van der Waals surface area contributed by atoms with Crippen molar-refractivity contribution in [1.29, 1.82) is 0 Å². The lowest BCUT2D eigenvalue weighted by Crippen LogP contribution is -2.15. The SMILES string of the molecule is CCCc1c(NN)ncnc1NCCc1csc(C)n1. The number of aryl methyl sites for hydroxylation is 1. The van der Waals surface area contributed by atoms with E-state index in [9.17, 15) is 0 Å². The molecule has 0 radical (unpaired) electrons. The zero-order valence-electron chi connectivity index (χ0n) is 11.8. The van der Waals surface area contributed by atoms with Crippen LogP contribution in [0.4, 0.5) is 11.6 Å². The van der Waals surface area contributed by atoms with Crippen LogP contribution < -0.4 is 16.6 Å². The predicted octanol–water partition coefficient (Wildman–Crippen LogP) is 2.13. The fraction of sp³-hybridized carbons (Fsp3) is 0.462. The first kappa shape index (κ1) is 14.7. The lowest BCUT2D eigenvalue weighted by atomic mass is 10.1. The van der Waals surface area contributed by atoms with Crippen LogP contribution in [0.1, 0.15) is 29.6 Å². The highest BCUT2D eigenvalue weighted by atomic mass is 32.1. The first-order valence-electron chi connectivity index (χ1n) is 6.70. The molecule has 0 saturated heterocycles. The lowest BCUT2D eigenvalue weighted by Gasteiger charge is -2.13. The average molecular weight is 292 g/mol. The van der Waals surface area contributed by atoms with Crippen LogP contribution in [0.2, 0.25) is 0 Å². The number of rotatable bonds is 7. The van der Waals surface area contributed by atoms with Crippen LogP contribution in [0, 0.1) is 6.92 Å². The van der Waals surface area contributed by atoms with E-state index in [0.29, 0.717) is 5.82 Å². The monoisotopic (exact) mass is 292 g/mol. The third kappa shape index (κ3) is 3.64. The lowest BCUT2D eigenvalue weighted by molar-refractivity contribution is 0.889. The smallest absolute Gasteiger partial charge is 0.148 e. The Bertz CT molecular complexity index is 554. The van der Waals surface area contributed by atoms with Gasteiger partial charge >= 0.3 is 0 Å². The number of hydrogen-bond acceptors (Lipinski definition) is 7. The molecule has 0 fully saturated rings. The van der Waals surface area contributed by atoms with Gasteiger partial charge in [0.25, 0.3) is 0 Å². The number of aromatic nitrogens is 3. The standard InChI is InChI=1S/C13H20N6S/c1-3-4-11-12(16-8-17-13(11)19-14)15-6-5-10-7-20-9(2)18-10/h7-8H,3-6,14H2,1-2H3,(H2,15,16,17,19). The predicted molar refractivity (Wildman–Crippen MR) is 82.9 cm³/mol. The number of nitrogen functional groups attached to an aromatic ring is 1. The van der Waals surface area contributed by atoms with Gasteiger partial charge in [-0.05, 0) is 13.3 Å². The van der Waals surface area contributed by atoms with Crippen molar-refractivity contribution in [3.05, 3.63) is 28.0 Å². The van der Waals surface area contributed by atoms with Gasteiger partial charge in [0.15, 0.2) is 0 Å². The van der Waals surface area contributed by atoms with E-state index < -0.39 is 0 Å². The van der Waals surface area contributed by atoms with Gasteiger partial charge in [0.2, 0.25) is 0 Å². The van der Waals surface area contributed by atoms with E-state index >= 15 is 0 Å². The molecule has 4 N–H and O–H groups in total. The summed E-state index contributed by atoms with van der Waals surface area (Å²) in [5, 5.41) is 6.54. The third-order valence-electron chi connectivity index (χ3n) is 2.92. The van der Waals surface area contributed by atoms with Crippen molar-refractivity contribution < 1.29 is 0 Å². The molecular weight excluding hydrogens is 272 g/mol. The Balaban J connectivity index is 2.01. The molecule has 2 aromatic rings. The number of nitrogens with two attached hydrogens (primary N) is 1. The minimum Gasteiger partial charge on any atom is -0.369 e. The van der Waals surface area contributed by atoms with E-state index in [2.05, 4.69) is 38.0 Å². The van der Waals surface area contributed by atoms with Crippen LogP contribution >= 0.6 is 11.3 Å². The third-order valence-corrected chi connectivity index (χ3v) is 3.74. The Morgan fingerprint density at radius 3 is 2.70 bits per heavy atom. The molecule has 0 atom stereocenters. The van der Waals surface area contributed by atoms with Crippen LogP contribution in [-0.4, -0.2) is 21.5 Å². The molecule has 0 amide bonds. The van der Waals surface area contributed by atoms with E-state index in [0.717, 1.165) is 47.9 Å². The maximum Gasteiger partial charge on any atom is 0.148 e. The molecule has 7 heteroatoms. The highest BCUT2D eigenvalue weighted by Gasteiger charge is 2.09. The summed E-state index contributed by atoms with van der Waals surface area (Å²) in [6.07, 6.45) is 4.30. The van der Waals surface area contributed by atoms with Crippen LogP contribution in [-0.2, 0) is 12.8 Å². The summed E-state index contributed by atoms with van der Waals surface area (Å²) in [6.45, 7) is 4.93. The van der Waals surface area contributed by atoms with Crippen molar-refractivity contribution in [3.8, 4) is 0 Å². The summed E-state index contributed by atoms with van der Waals surface area (Å²) in [6, 6.07) is 0. The minimum absolute atomic E-state index is 0.689. The molecule has 2 heterocycles. The number of nitrogens with one attached hydrogen (secondary N) is 2. The van der Waals surface area contributed by atoms with Crippen LogP contribution in [0.25, 0.3) is 0 Å². The maximum absolute atomic E-state index is 5.50. The molecule has 6 nitrogen and oxygen atoms in total. The highest BCUT2D eigenvalue weighted by molar-refractivity contribution is 7.09. The Morgan fingerprint density at radius 2 is 2.05 bits per heavy atom. The second-order valence-electron chi connectivity index (χ2n) is 4.48. The summed E-state index contributed by atoms with van der Waals surface area (Å²) in [7, 11) is 0. The minimum atomic E-state index is 0.689. The second-order valence-corrected chi connectivity index (χ2v) is 5.54. The Labute approximate surface area is 122 Å². The van der Waals surface area contributed by atoms with Crippen LogP contribution in [0.15, 0.2) is 11.7 Å². The average Bonchev–Trinajstić information content (AvgIpc) is 2.86. The number of nitrogens with zero attached hydrogens (tertiary/aromatic N) is 3. The molecule has 20 heavy (non-hydrogen) atoms. The van der Waals surface area contributed by atoms with E-state index in [-0.39, 0.29) is 0 Å². The van der Waals surface area contributed by atoms with Crippen molar-refractivity contribution in [2.24, 2.45) is 5.84 Å². The highest BCUT2D eigenvalue weighted by Crippen LogP contribution is 2.20. The fourth-order valence-corrected chi connectivity index (χ4v) is 2.65. The van der Waals surface area contributed by atoms with Gasteiger partial charge in [-0.1, -0.05) is 13.3 Å². The van der Waals surface area contributed by atoms with Gasteiger partial charge < -0.3 is 10.7 Å². The second kappa shape index (κ2) is 7.16. The van der Waals surface area contributed by atoms with Gasteiger partial charge in [-0.25, -0.2) is 20.8 Å². The Hall–Kier alpha value is -1.73. The van der Waals surface area contributed by atoms with Crippen LogP contribution in [0.5, 0.6) is 0 Å². The molecule has 0 aromatic carbocycles. The molecule has 2 aromatic heterocycles. The van der Waals surface area contributed by atoms with Crippen molar-refractivity contribution in [3.63, 3.8) is 0 Å². The number of hydrogen-bond donors (Lipinski definition) is 3. The Morgan fingerprint density at radius 1 is 1.25 bits per heavy atom. The topological polar surface area (TPSA) is 88.8 Å². The summed E-state index contributed by atoms with van der Waals surface area (Å²) < 4.78 is 0. The summed E-state index contributed by atoms with van der Waals surface area (Å²) in [5.41, 5.74) is 4.78. The number of anilines is 2. The summed E-state index contributed by atoms with van der Waals surface area (Å²) >= 11 is 1.68. The largest absolute Gasteiger partial charge is 0.369 e. The molecule has 0 aliphatic heterocycles. The van der Waals surface area contributed by atoms with Crippen LogP contribution in [0.3, 0.4) is 0 Å². The molecule has 0 unspecified atom stereocenters. The first-order valence-corrected chi connectivity index (χ1v) is 7.58. The normalized spacial score (nSPS) is 10.6. The molecule has 0 aliphatic rings. The summed E-state index contributed by atoms with van der Waals surface area (Å²) in [5.74, 6) is 7.03. The van der Waals surface area contributed by atoms with Gasteiger partial charge in [0.1, 0.15) is 18.0 Å². The van der Waals surface area contributed by atoms with Gasteiger partial charge in [-0.3, -0.25) is 0 Å².